The zero-order chi connectivity index (χ0) is 20.8. The van der Waals surface area contributed by atoms with Gasteiger partial charge in [0.05, 0.1) is 16.7 Å². The van der Waals surface area contributed by atoms with Gasteiger partial charge in [-0.1, -0.05) is 36.4 Å². The minimum Gasteiger partial charge on any atom is -0.464 e. The Hall–Kier alpha value is -3.81. The predicted octanol–water partition coefficient (Wildman–Crippen LogP) is 5.12. The number of fused-ring (bicyclic) bond motifs is 3. The molecule has 0 unspecified atom stereocenters. The van der Waals surface area contributed by atoms with Crippen molar-refractivity contribution in [1.29, 1.82) is 0 Å². The summed E-state index contributed by atoms with van der Waals surface area (Å²) in [5.41, 5.74) is 2.70. The van der Waals surface area contributed by atoms with Crippen LogP contribution >= 0.6 is 0 Å². The van der Waals surface area contributed by atoms with E-state index < -0.39 is 22.8 Å². The summed E-state index contributed by atoms with van der Waals surface area (Å²) in [5, 5.41) is 17.6. The summed E-state index contributed by atoms with van der Waals surface area (Å²) >= 11 is 0. The van der Waals surface area contributed by atoms with Gasteiger partial charge in [-0.25, -0.2) is 13.8 Å². The molecule has 2 aliphatic rings. The van der Waals surface area contributed by atoms with Crippen LogP contribution < -0.4 is 4.74 Å². The zero-order valence-corrected chi connectivity index (χ0v) is 15.5. The summed E-state index contributed by atoms with van der Waals surface area (Å²) in [5.74, 6) is -1.47. The molecule has 0 spiro atoms. The molecule has 30 heavy (non-hydrogen) atoms. The van der Waals surface area contributed by atoms with Crippen LogP contribution in [0.25, 0.3) is 0 Å². The molecule has 0 N–H and O–H groups in total. The topological polar surface area (TPSA) is 68.0 Å². The van der Waals surface area contributed by atoms with Crippen molar-refractivity contribution >= 4 is 11.4 Å². The Bertz CT molecular complexity index is 1180. The maximum absolute atomic E-state index is 13.9. The molecule has 3 aromatic carbocycles. The Kier molecular flexibility index (Phi) is 4.20. The fourth-order valence-corrected chi connectivity index (χ4v) is 3.88. The third kappa shape index (κ3) is 2.97. The van der Waals surface area contributed by atoms with E-state index in [0.717, 1.165) is 23.4 Å². The average molecular weight is 407 g/mol. The first-order valence-corrected chi connectivity index (χ1v) is 9.32. The molecule has 8 heteroatoms. The molecule has 2 aliphatic heterocycles. The van der Waals surface area contributed by atoms with Gasteiger partial charge in [0.2, 0.25) is 6.23 Å². The van der Waals surface area contributed by atoms with E-state index in [1.165, 1.54) is 24.3 Å². The van der Waals surface area contributed by atoms with Crippen molar-refractivity contribution in [3.8, 4) is 5.75 Å². The molecule has 5 rings (SSSR count). The normalized spacial score (nSPS) is 19.5. The predicted molar refractivity (Wildman–Crippen MR) is 105 cm³/mol. The number of halogens is 2. The lowest BCUT2D eigenvalue weighted by atomic mass is 9.95. The number of hydrogen-bond donors (Lipinski definition) is 0. The SMILES string of the molecule is O=[N+]([O-])c1ccc2c(c1)[C@@H]1CC(c3ccccc3)=NN1[C@H](c1ccc(F)c(F)c1)O2. The minimum atomic E-state index is -0.978. The summed E-state index contributed by atoms with van der Waals surface area (Å²) in [6.07, 6.45) is -0.290. The van der Waals surface area contributed by atoms with Crippen molar-refractivity contribution in [2.24, 2.45) is 5.10 Å². The molecular weight excluding hydrogens is 392 g/mol. The highest BCUT2D eigenvalue weighted by molar-refractivity contribution is 6.01. The lowest BCUT2D eigenvalue weighted by molar-refractivity contribution is -0.385. The Morgan fingerprint density at radius 2 is 1.83 bits per heavy atom. The van der Waals surface area contributed by atoms with E-state index in [1.54, 1.807) is 5.01 Å². The van der Waals surface area contributed by atoms with E-state index >= 15 is 0 Å². The lowest BCUT2D eigenvalue weighted by Crippen LogP contribution is -2.33. The summed E-state index contributed by atoms with van der Waals surface area (Å²) in [7, 11) is 0. The molecular formula is C22H15F2N3O3. The van der Waals surface area contributed by atoms with Crippen molar-refractivity contribution in [2.45, 2.75) is 18.7 Å². The zero-order valence-electron chi connectivity index (χ0n) is 15.5. The molecule has 3 aromatic rings. The highest BCUT2D eigenvalue weighted by Crippen LogP contribution is 2.48. The highest BCUT2D eigenvalue weighted by Gasteiger charge is 2.41. The van der Waals surface area contributed by atoms with Crippen LogP contribution in [-0.2, 0) is 0 Å². The standard InChI is InChI=1S/C22H15F2N3O3/c23-17-8-6-14(10-18(17)24)22-26-20(12-19(25-26)13-4-2-1-3-5-13)16-11-15(27(28)29)7-9-21(16)30-22/h1-11,20,22H,12H2/t20-,22-/m0/s1. The number of ether oxygens (including phenoxy) is 1. The van der Waals surface area contributed by atoms with E-state index in [2.05, 4.69) is 0 Å². The Morgan fingerprint density at radius 1 is 1.03 bits per heavy atom. The van der Waals surface area contributed by atoms with Gasteiger partial charge in [-0.2, -0.15) is 5.10 Å². The third-order valence-electron chi connectivity index (χ3n) is 5.32. The summed E-state index contributed by atoms with van der Waals surface area (Å²) in [4.78, 5) is 10.8. The van der Waals surface area contributed by atoms with Crippen LogP contribution in [0.1, 0.15) is 35.4 Å². The Morgan fingerprint density at radius 3 is 2.57 bits per heavy atom. The number of benzene rings is 3. The minimum absolute atomic E-state index is 0.0447. The van der Waals surface area contributed by atoms with Crippen molar-refractivity contribution < 1.29 is 18.4 Å². The Labute approximate surface area is 170 Å². The lowest BCUT2D eigenvalue weighted by Gasteiger charge is -2.38. The van der Waals surface area contributed by atoms with Gasteiger partial charge in [0.1, 0.15) is 5.75 Å². The van der Waals surface area contributed by atoms with E-state index in [1.807, 2.05) is 30.3 Å². The fraction of sp³-hybridized carbons (Fsp3) is 0.136. The second kappa shape index (κ2) is 6.91. The second-order valence-corrected chi connectivity index (χ2v) is 7.14. The number of hydrazone groups is 1. The molecule has 0 bridgehead atoms. The van der Waals surface area contributed by atoms with Crippen LogP contribution in [0.15, 0.2) is 71.8 Å². The van der Waals surface area contributed by atoms with Crippen molar-refractivity contribution in [1.82, 2.24) is 5.01 Å². The summed E-state index contributed by atoms with van der Waals surface area (Å²) in [6, 6.07) is 17.2. The van der Waals surface area contributed by atoms with Gasteiger partial charge >= 0.3 is 0 Å². The first-order chi connectivity index (χ1) is 14.5. The van der Waals surface area contributed by atoms with Crippen LogP contribution in [0.5, 0.6) is 5.75 Å². The van der Waals surface area contributed by atoms with Gasteiger partial charge < -0.3 is 4.74 Å². The molecule has 0 radical (unpaired) electrons. The largest absolute Gasteiger partial charge is 0.464 e. The van der Waals surface area contributed by atoms with E-state index in [-0.39, 0.29) is 11.7 Å². The van der Waals surface area contributed by atoms with Crippen LogP contribution in [0.4, 0.5) is 14.5 Å². The molecule has 6 nitrogen and oxygen atoms in total. The van der Waals surface area contributed by atoms with Crippen molar-refractivity contribution in [2.75, 3.05) is 0 Å². The Balaban J connectivity index is 1.62. The maximum Gasteiger partial charge on any atom is 0.270 e. The first kappa shape index (κ1) is 18.2. The third-order valence-corrected chi connectivity index (χ3v) is 5.32. The molecule has 0 saturated carbocycles. The second-order valence-electron chi connectivity index (χ2n) is 7.14. The molecule has 2 heterocycles. The van der Waals surface area contributed by atoms with E-state index in [4.69, 9.17) is 9.84 Å². The quantitative estimate of drug-likeness (QED) is 0.447. The number of nitrogens with zero attached hydrogens (tertiary/aromatic N) is 3. The number of nitro groups is 1. The monoisotopic (exact) mass is 407 g/mol. The maximum atomic E-state index is 13.9. The molecule has 0 aliphatic carbocycles. The van der Waals surface area contributed by atoms with Crippen LogP contribution in [0.2, 0.25) is 0 Å². The van der Waals surface area contributed by atoms with Crippen molar-refractivity contribution in [3.05, 3.63) is 105 Å². The van der Waals surface area contributed by atoms with Gasteiger partial charge in [0.15, 0.2) is 11.6 Å². The van der Waals surface area contributed by atoms with Gasteiger partial charge in [0, 0.05) is 29.7 Å². The number of rotatable bonds is 3. The molecule has 2 atom stereocenters. The smallest absolute Gasteiger partial charge is 0.270 e. The van der Waals surface area contributed by atoms with E-state index in [9.17, 15) is 18.9 Å². The van der Waals surface area contributed by atoms with E-state index in [0.29, 0.717) is 23.3 Å². The van der Waals surface area contributed by atoms with Gasteiger partial charge in [0.25, 0.3) is 5.69 Å². The van der Waals surface area contributed by atoms with Gasteiger partial charge in [-0.05, 0) is 23.8 Å². The molecule has 0 aromatic heterocycles. The highest BCUT2D eigenvalue weighted by atomic mass is 19.2. The van der Waals surface area contributed by atoms with Crippen LogP contribution in [-0.4, -0.2) is 15.6 Å². The summed E-state index contributed by atoms with van der Waals surface area (Å²) in [6.45, 7) is 0. The molecule has 0 amide bonds. The molecule has 0 saturated heterocycles. The number of non-ortho nitro benzene ring substituents is 1. The van der Waals surface area contributed by atoms with Gasteiger partial charge in [-0.3, -0.25) is 10.1 Å². The molecule has 150 valence electrons. The number of hydrogen-bond acceptors (Lipinski definition) is 5. The number of nitro benzene ring substituents is 1. The fourth-order valence-electron chi connectivity index (χ4n) is 3.88. The first-order valence-electron chi connectivity index (χ1n) is 9.32. The average Bonchev–Trinajstić information content (AvgIpc) is 3.21. The summed E-state index contributed by atoms with van der Waals surface area (Å²) < 4.78 is 33.4. The molecule has 0 fully saturated rings. The van der Waals surface area contributed by atoms with Crippen LogP contribution in [0, 0.1) is 21.7 Å². The van der Waals surface area contributed by atoms with Gasteiger partial charge in [-0.15, -0.1) is 0 Å². The van der Waals surface area contributed by atoms with Crippen LogP contribution in [0.3, 0.4) is 0 Å². The van der Waals surface area contributed by atoms with Crippen molar-refractivity contribution in [3.63, 3.8) is 0 Å².